The predicted molar refractivity (Wildman–Crippen MR) is 80.3 cm³/mol. The Morgan fingerprint density at radius 1 is 1.16 bits per heavy atom. The number of nitrogens with zero attached hydrogens (tertiary/aromatic N) is 1. The number of hydrogen-bond acceptors (Lipinski definition) is 3. The van der Waals surface area contributed by atoms with Gasteiger partial charge in [-0.1, -0.05) is 19.8 Å². The highest BCUT2D eigenvalue weighted by molar-refractivity contribution is 4.83. The number of hydrogen-bond donors (Lipinski definition) is 1. The van der Waals surface area contributed by atoms with E-state index in [1.54, 1.807) is 0 Å². The van der Waals surface area contributed by atoms with E-state index in [1.165, 1.54) is 64.5 Å². The lowest BCUT2D eigenvalue weighted by atomic mass is 9.83. The van der Waals surface area contributed by atoms with Gasteiger partial charge in [-0.15, -0.1) is 0 Å². The van der Waals surface area contributed by atoms with E-state index in [0.29, 0.717) is 6.10 Å². The molecule has 2 N–H and O–H groups in total. The van der Waals surface area contributed by atoms with Crippen LogP contribution in [0.2, 0.25) is 0 Å². The van der Waals surface area contributed by atoms with Crippen LogP contribution in [0.5, 0.6) is 0 Å². The minimum atomic E-state index is 0.551. The van der Waals surface area contributed by atoms with Crippen molar-refractivity contribution in [3.05, 3.63) is 0 Å². The fourth-order valence-corrected chi connectivity index (χ4v) is 3.90. The predicted octanol–water partition coefficient (Wildman–Crippen LogP) is 2.79. The molecular formula is C16H32N2O. The van der Waals surface area contributed by atoms with Crippen LogP contribution in [-0.4, -0.2) is 43.3 Å². The molecule has 1 saturated carbocycles. The zero-order valence-electron chi connectivity index (χ0n) is 12.7. The summed E-state index contributed by atoms with van der Waals surface area (Å²) >= 11 is 0. The molecule has 0 spiro atoms. The highest BCUT2D eigenvalue weighted by atomic mass is 16.5. The minimum absolute atomic E-state index is 0.551. The van der Waals surface area contributed by atoms with Crippen molar-refractivity contribution in [3.8, 4) is 0 Å². The molecule has 0 amide bonds. The molecule has 1 aliphatic heterocycles. The van der Waals surface area contributed by atoms with E-state index in [2.05, 4.69) is 11.8 Å². The Balaban J connectivity index is 1.74. The van der Waals surface area contributed by atoms with Crippen LogP contribution >= 0.6 is 0 Å². The summed E-state index contributed by atoms with van der Waals surface area (Å²) in [5.74, 6) is 0.733. The maximum absolute atomic E-state index is 5.97. The number of rotatable bonds is 7. The lowest BCUT2D eigenvalue weighted by molar-refractivity contribution is 0.0836. The Kier molecular flexibility index (Phi) is 6.62. The summed E-state index contributed by atoms with van der Waals surface area (Å²) in [7, 11) is 0. The first-order valence-electron chi connectivity index (χ1n) is 8.40. The van der Waals surface area contributed by atoms with Gasteiger partial charge < -0.3 is 15.4 Å². The van der Waals surface area contributed by atoms with Crippen LogP contribution in [0.1, 0.15) is 58.3 Å². The van der Waals surface area contributed by atoms with Gasteiger partial charge in [0.15, 0.2) is 0 Å². The van der Waals surface area contributed by atoms with Gasteiger partial charge in [-0.25, -0.2) is 0 Å². The van der Waals surface area contributed by atoms with Crippen molar-refractivity contribution < 1.29 is 4.74 Å². The lowest BCUT2D eigenvalue weighted by Crippen LogP contribution is -2.45. The van der Waals surface area contributed by atoms with Crippen molar-refractivity contribution in [1.29, 1.82) is 0 Å². The molecule has 0 aromatic carbocycles. The van der Waals surface area contributed by atoms with E-state index in [-0.39, 0.29) is 0 Å². The Bertz CT molecular complexity index is 241. The Morgan fingerprint density at radius 2 is 2.00 bits per heavy atom. The first kappa shape index (κ1) is 15.3. The summed E-state index contributed by atoms with van der Waals surface area (Å²) in [4.78, 5) is 2.69. The largest absolute Gasteiger partial charge is 0.378 e. The van der Waals surface area contributed by atoms with Crippen LogP contribution in [0.3, 0.4) is 0 Å². The molecule has 3 unspecified atom stereocenters. The van der Waals surface area contributed by atoms with Crippen LogP contribution < -0.4 is 5.73 Å². The highest BCUT2D eigenvalue weighted by Gasteiger charge is 2.28. The molecule has 0 aromatic heterocycles. The summed E-state index contributed by atoms with van der Waals surface area (Å²) < 4.78 is 5.72. The van der Waals surface area contributed by atoms with E-state index in [9.17, 15) is 0 Å². The van der Waals surface area contributed by atoms with Gasteiger partial charge in [-0.2, -0.15) is 0 Å². The van der Waals surface area contributed by atoms with E-state index < -0.39 is 0 Å². The van der Waals surface area contributed by atoms with Crippen molar-refractivity contribution in [2.75, 3.05) is 26.2 Å². The van der Waals surface area contributed by atoms with Gasteiger partial charge in [-0.3, -0.25) is 0 Å². The lowest BCUT2D eigenvalue weighted by Gasteiger charge is -2.39. The van der Waals surface area contributed by atoms with Gasteiger partial charge in [0.25, 0.3) is 0 Å². The highest BCUT2D eigenvalue weighted by Crippen LogP contribution is 2.28. The monoisotopic (exact) mass is 268 g/mol. The average Bonchev–Trinajstić information content (AvgIpc) is 2.97. The van der Waals surface area contributed by atoms with Crippen molar-refractivity contribution >= 4 is 0 Å². The molecule has 3 atom stereocenters. The standard InChI is InChI=1S/C16H32N2O/c1-2-18(11-5-8-15-9-6-12-19-15)16-10-4-3-7-14(16)13-17/h14-16H,2-13,17H2,1H3. The summed E-state index contributed by atoms with van der Waals surface area (Å²) in [5, 5.41) is 0. The summed E-state index contributed by atoms with van der Waals surface area (Å²) in [5.41, 5.74) is 5.97. The van der Waals surface area contributed by atoms with E-state index in [4.69, 9.17) is 10.5 Å². The minimum Gasteiger partial charge on any atom is -0.378 e. The molecule has 2 rings (SSSR count). The molecule has 0 radical (unpaired) electrons. The van der Waals surface area contributed by atoms with Gasteiger partial charge in [0.05, 0.1) is 6.10 Å². The fourth-order valence-electron chi connectivity index (χ4n) is 3.90. The average molecular weight is 268 g/mol. The maximum atomic E-state index is 5.97. The Hall–Kier alpha value is -0.120. The van der Waals surface area contributed by atoms with Crippen molar-refractivity contribution in [2.24, 2.45) is 11.7 Å². The zero-order chi connectivity index (χ0) is 13.5. The van der Waals surface area contributed by atoms with E-state index in [1.807, 2.05) is 0 Å². The second-order valence-corrected chi connectivity index (χ2v) is 6.25. The Morgan fingerprint density at radius 3 is 2.68 bits per heavy atom. The third-order valence-corrected chi connectivity index (χ3v) is 5.04. The van der Waals surface area contributed by atoms with Gasteiger partial charge in [0, 0.05) is 12.6 Å². The third kappa shape index (κ3) is 4.44. The third-order valence-electron chi connectivity index (χ3n) is 5.04. The molecule has 2 fully saturated rings. The first-order valence-corrected chi connectivity index (χ1v) is 8.40. The molecule has 0 aromatic rings. The molecule has 112 valence electrons. The van der Waals surface area contributed by atoms with Crippen LogP contribution in [0.15, 0.2) is 0 Å². The quantitative estimate of drug-likeness (QED) is 0.771. The molecule has 1 aliphatic carbocycles. The molecule has 1 heterocycles. The normalized spacial score (nSPS) is 32.1. The second-order valence-electron chi connectivity index (χ2n) is 6.25. The molecule has 1 saturated heterocycles. The van der Waals surface area contributed by atoms with Crippen molar-refractivity contribution in [2.45, 2.75) is 70.4 Å². The first-order chi connectivity index (χ1) is 9.35. The van der Waals surface area contributed by atoms with Gasteiger partial charge in [0.2, 0.25) is 0 Å². The summed E-state index contributed by atoms with van der Waals surface area (Å²) in [6.45, 7) is 6.56. The van der Waals surface area contributed by atoms with Gasteiger partial charge in [-0.05, 0) is 64.1 Å². The molecule has 19 heavy (non-hydrogen) atoms. The molecule has 3 nitrogen and oxygen atoms in total. The van der Waals surface area contributed by atoms with Crippen molar-refractivity contribution in [3.63, 3.8) is 0 Å². The van der Waals surface area contributed by atoms with Crippen LogP contribution in [0.25, 0.3) is 0 Å². The number of nitrogens with two attached hydrogens (primary N) is 1. The molecule has 2 aliphatic rings. The van der Waals surface area contributed by atoms with E-state index >= 15 is 0 Å². The summed E-state index contributed by atoms with van der Waals surface area (Å²) in [6.07, 6.45) is 11.1. The Labute approximate surface area is 118 Å². The SMILES string of the molecule is CCN(CCCC1CCCO1)C1CCCCC1CN. The molecular weight excluding hydrogens is 236 g/mol. The second kappa shape index (κ2) is 8.23. The van der Waals surface area contributed by atoms with Crippen LogP contribution in [0, 0.1) is 5.92 Å². The van der Waals surface area contributed by atoms with Gasteiger partial charge >= 0.3 is 0 Å². The zero-order valence-corrected chi connectivity index (χ0v) is 12.7. The van der Waals surface area contributed by atoms with E-state index in [0.717, 1.165) is 25.1 Å². The van der Waals surface area contributed by atoms with Crippen molar-refractivity contribution in [1.82, 2.24) is 4.90 Å². The number of ether oxygens (including phenoxy) is 1. The van der Waals surface area contributed by atoms with Gasteiger partial charge in [0.1, 0.15) is 0 Å². The topological polar surface area (TPSA) is 38.5 Å². The fraction of sp³-hybridized carbons (Fsp3) is 1.00. The smallest absolute Gasteiger partial charge is 0.0576 e. The maximum Gasteiger partial charge on any atom is 0.0576 e. The van der Waals surface area contributed by atoms with Crippen LogP contribution in [-0.2, 0) is 4.74 Å². The molecule has 3 heteroatoms. The van der Waals surface area contributed by atoms with Crippen LogP contribution in [0.4, 0.5) is 0 Å². The molecule has 0 bridgehead atoms. The summed E-state index contributed by atoms with van der Waals surface area (Å²) in [6, 6.07) is 0.744.